The summed E-state index contributed by atoms with van der Waals surface area (Å²) in [6.07, 6.45) is 2.35. The first-order valence-electron chi connectivity index (χ1n) is 3.22. The maximum absolute atomic E-state index is 3.77. The molecule has 0 N–H and O–H groups in total. The Bertz CT molecular complexity index is 43.7. The lowest BCUT2D eigenvalue weighted by molar-refractivity contribution is 0.904. The Morgan fingerprint density at radius 1 is 1.62 bits per heavy atom. The Morgan fingerprint density at radius 2 is 2.25 bits per heavy atom. The van der Waals surface area contributed by atoms with E-state index in [1.807, 2.05) is 11.8 Å². The molecule has 0 heterocycles. The van der Waals surface area contributed by atoms with Gasteiger partial charge in [0.15, 0.2) is 0 Å². The van der Waals surface area contributed by atoms with Gasteiger partial charge in [-0.25, -0.2) is 0 Å². The third-order valence-corrected chi connectivity index (χ3v) is 2.55. The summed E-state index contributed by atoms with van der Waals surface area (Å²) < 4.78 is 0. The summed E-state index contributed by atoms with van der Waals surface area (Å²) in [6, 6.07) is 0. The van der Waals surface area contributed by atoms with E-state index in [0.29, 0.717) is 0 Å². The molecule has 0 aliphatic carbocycles. The minimum Gasteiger partial charge on any atom is -0.159 e. The topological polar surface area (TPSA) is 0 Å². The molecule has 1 atom stereocenters. The van der Waals surface area contributed by atoms with Gasteiger partial charge in [-0.05, 0) is 18.6 Å². The average Bonchev–Trinajstić information content (AvgIpc) is 1.83. The third kappa shape index (κ3) is 4.51. The molecule has 0 aliphatic rings. The van der Waals surface area contributed by atoms with Crippen LogP contribution in [-0.2, 0) is 0 Å². The van der Waals surface area contributed by atoms with E-state index in [4.69, 9.17) is 0 Å². The summed E-state index contributed by atoms with van der Waals surface area (Å²) >= 11 is 2.01. The van der Waals surface area contributed by atoms with Gasteiger partial charge < -0.3 is 0 Å². The minimum absolute atomic E-state index is 0.830. The molecule has 0 nitrogen and oxygen atoms in total. The second kappa shape index (κ2) is 5.49. The predicted molar refractivity (Wildman–Crippen MR) is 42.2 cm³/mol. The smallest absolute Gasteiger partial charge is 0.00160 e. The van der Waals surface area contributed by atoms with Crippen LogP contribution in [-0.4, -0.2) is 11.0 Å². The highest BCUT2D eigenvalue weighted by molar-refractivity contribution is 7.99. The van der Waals surface area contributed by atoms with E-state index in [0.717, 1.165) is 11.7 Å². The molecule has 0 fully saturated rings. The average molecular weight is 131 g/mol. The molecule has 0 aromatic rings. The Kier molecular flexibility index (Phi) is 5.73. The largest absolute Gasteiger partial charge is 0.159 e. The molecule has 8 heavy (non-hydrogen) atoms. The van der Waals surface area contributed by atoms with Crippen molar-refractivity contribution in [2.45, 2.75) is 31.9 Å². The van der Waals surface area contributed by atoms with Crippen LogP contribution >= 0.6 is 11.8 Å². The van der Waals surface area contributed by atoms with Crippen molar-refractivity contribution in [3.63, 3.8) is 0 Å². The van der Waals surface area contributed by atoms with Gasteiger partial charge in [-0.2, -0.15) is 11.8 Å². The first kappa shape index (κ1) is 8.35. The lowest BCUT2D eigenvalue weighted by Gasteiger charge is -2.04. The van der Waals surface area contributed by atoms with Crippen molar-refractivity contribution >= 4 is 11.8 Å². The summed E-state index contributed by atoms with van der Waals surface area (Å²) in [5.74, 6) is 1.22. The van der Waals surface area contributed by atoms with Crippen LogP contribution in [0.25, 0.3) is 0 Å². The molecule has 0 rings (SSSR count). The molecule has 0 amide bonds. The molecule has 1 radical (unpaired) electrons. The number of thioether (sulfide) groups is 1. The van der Waals surface area contributed by atoms with E-state index >= 15 is 0 Å². The van der Waals surface area contributed by atoms with Crippen LogP contribution in [0.2, 0.25) is 0 Å². The third-order valence-electron chi connectivity index (χ3n) is 1.12. The van der Waals surface area contributed by atoms with Gasteiger partial charge in [-0.1, -0.05) is 20.8 Å². The lowest BCUT2D eigenvalue weighted by Crippen LogP contribution is -1.92. The monoisotopic (exact) mass is 131 g/mol. The minimum atomic E-state index is 0.830. The molecular formula is C7H15S. The molecule has 0 saturated carbocycles. The molecule has 0 spiro atoms. The molecule has 0 aromatic carbocycles. The normalized spacial score (nSPS) is 13.9. The van der Waals surface area contributed by atoms with Crippen molar-refractivity contribution in [1.29, 1.82) is 0 Å². The maximum Gasteiger partial charge on any atom is 0.00160 e. The van der Waals surface area contributed by atoms with Crippen LogP contribution in [0.4, 0.5) is 0 Å². The van der Waals surface area contributed by atoms with Gasteiger partial charge in [0.2, 0.25) is 0 Å². The van der Waals surface area contributed by atoms with Crippen molar-refractivity contribution in [3.8, 4) is 0 Å². The van der Waals surface area contributed by atoms with Crippen molar-refractivity contribution in [2.75, 3.05) is 5.75 Å². The van der Waals surface area contributed by atoms with Crippen LogP contribution in [0.15, 0.2) is 0 Å². The summed E-state index contributed by atoms with van der Waals surface area (Å²) in [6.45, 7) is 8.26. The highest BCUT2D eigenvalue weighted by Gasteiger charge is 1.94. The van der Waals surface area contributed by atoms with Gasteiger partial charge >= 0.3 is 0 Å². The number of rotatable bonds is 4. The van der Waals surface area contributed by atoms with Crippen LogP contribution in [0.3, 0.4) is 0 Å². The van der Waals surface area contributed by atoms with Gasteiger partial charge in [0.25, 0.3) is 0 Å². The summed E-state index contributed by atoms with van der Waals surface area (Å²) in [5, 5.41) is 0.830. The quantitative estimate of drug-likeness (QED) is 0.565. The Balaban J connectivity index is 2.86. The maximum atomic E-state index is 3.77. The molecule has 1 heteroatoms. The fourth-order valence-corrected chi connectivity index (χ4v) is 1.21. The Morgan fingerprint density at radius 3 is 2.62 bits per heavy atom. The fourth-order valence-electron chi connectivity index (χ4n) is 0.402. The van der Waals surface area contributed by atoms with Gasteiger partial charge in [0.1, 0.15) is 0 Å². The first-order valence-corrected chi connectivity index (χ1v) is 4.27. The molecule has 0 saturated heterocycles. The van der Waals surface area contributed by atoms with Crippen molar-refractivity contribution in [2.24, 2.45) is 0 Å². The molecule has 0 bridgehead atoms. The lowest BCUT2D eigenvalue weighted by atomic mass is 10.4. The van der Waals surface area contributed by atoms with Gasteiger partial charge in [0.05, 0.1) is 0 Å². The zero-order valence-electron chi connectivity index (χ0n) is 5.81. The second-order valence-electron chi connectivity index (χ2n) is 1.94. The molecular weight excluding hydrogens is 116 g/mol. The predicted octanol–water partition coefficient (Wildman–Crippen LogP) is 2.74. The highest BCUT2D eigenvalue weighted by Crippen LogP contribution is 2.13. The van der Waals surface area contributed by atoms with E-state index in [-0.39, 0.29) is 0 Å². The molecule has 0 aliphatic heterocycles. The van der Waals surface area contributed by atoms with E-state index in [2.05, 4.69) is 20.8 Å². The van der Waals surface area contributed by atoms with E-state index < -0.39 is 0 Å². The van der Waals surface area contributed by atoms with Crippen molar-refractivity contribution < 1.29 is 0 Å². The van der Waals surface area contributed by atoms with Gasteiger partial charge in [0, 0.05) is 5.25 Å². The first-order chi connectivity index (χ1) is 3.81. The fraction of sp³-hybridized carbons (Fsp3) is 0.857. The Hall–Kier alpha value is 0.350. The summed E-state index contributed by atoms with van der Waals surface area (Å²) in [4.78, 5) is 0. The zero-order valence-corrected chi connectivity index (χ0v) is 6.63. The zero-order chi connectivity index (χ0) is 6.41. The SMILES string of the molecule is [CH2]CCSC(C)CC. The van der Waals surface area contributed by atoms with Crippen LogP contribution in [0.1, 0.15) is 26.7 Å². The van der Waals surface area contributed by atoms with E-state index in [1.165, 1.54) is 12.2 Å². The van der Waals surface area contributed by atoms with E-state index in [9.17, 15) is 0 Å². The summed E-state index contributed by atoms with van der Waals surface area (Å²) in [5.41, 5.74) is 0. The standard InChI is InChI=1S/C7H15S/c1-4-6-8-7(3)5-2/h7H,1,4-6H2,2-3H3. The van der Waals surface area contributed by atoms with Crippen LogP contribution in [0.5, 0.6) is 0 Å². The molecule has 0 aromatic heterocycles. The highest BCUT2D eigenvalue weighted by atomic mass is 32.2. The van der Waals surface area contributed by atoms with Gasteiger partial charge in [-0.3, -0.25) is 0 Å². The Labute approximate surface area is 57.1 Å². The molecule has 1 unspecified atom stereocenters. The summed E-state index contributed by atoms with van der Waals surface area (Å²) in [7, 11) is 0. The number of hydrogen-bond donors (Lipinski definition) is 0. The second-order valence-corrected chi connectivity index (χ2v) is 3.49. The van der Waals surface area contributed by atoms with Crippen LogP contribution in [0, 0.1) is 6.92 Å². The van der Waals surface area contributed by atoms with Crippen molar-refractivity contribution in [3.05, 3.63) is 6.92 Å². The molecule has 49 valence electrons. The van der Waals surface area contributed by atoms with Crippen LogP contribution < -0.4 is 0 Å². The van der Waals surface area contributed by atoms with E-state index in [1.54, 1.807) is 0 Å². The number of hydrogen-bond acceptors (Lipinski definition) is 1. The van der Waals surface area contributed by atoms with Crippen molar-refractivity contribution in [1.82, 2.24) is 0 Å². The van der Waals surface area contributed by atoms with Gasteiger partial charge in [-0.15, -0.1) is 0 Å².